The fourth-order valence-electron chi connectivity index (χ4n) is 2.42. The standard InChI is InChI=1S/C14H19N3O3/c18-12(7-6-11-8-9-15-17-11)16-13(14(19)20)10-4-2-1-3-5-10/h1-2,8-10,13H,3-7H2,(H,15,17)(H,16,18)(H,19,20). The number of carboxylic acids is 1. The molecule has 2 unspecified atom stereocenters. The highest BCUT2D eigenvalue weighted by molar-refractivity contribution is 5.83. The van der Waals surface area contributed by atoms with E-state index in [0.717, 1.165) is 18.5 Å². The van der Waals surface area contributed by atoms with Crippen molar-refractivity contribution in [3.63, 3.8) is 0 Å². The first-order valence-electron chi connectivity index (χ1n) is 6.82. The minimum Gasteiger partial charge on any atom is -0.480 e. The highest BCUT2D eigenvalue weighted by Crippen LogP contribution is 2.22. The van der Waals surface area contributed by atoms with E-state index in [1.165, 1.54) is 0 Å². The summed E-state index contributed by atoms with van der Waals surface area (Å²) in [7, 11) is 0. The quantitative estimate of drug-likeness (QED) is 0.682. The van der Waals surface area contributed by atoms with Crippen LogP contribution in [0.4, 0.5) is 0 Å². The van der Waals surface area contributed by atoms with Gasteiger partial charge in [-0.15, -0.1) is 0 Å². The number of nitrogens with one attached hydrogen (secondary N) is 2. The third-order valence-corrected chi connectivity index (χ3v) is 3.54. The normalized spacial score (nSPS) is 19.5. The zero-order valence-electron chi connectivity index (χ0n) is 11.2. The summed E-state index contributed by atoms with van der Waals surface area (Å²) in [6.45, 7) is 0. The molecule has 1 aliphatic carbocycles. The Kier molecular flexibility index (Phi) is 4.92. The summed E-state index contributed by atoms with van der Waals surface area (Å²) in [4.78, 5) is 23.2. The van der Waals surface area contributed by atoms with Crippen molar-refractivity contribution >= 4 is 11.9 Å². The van der Waals surface area contributed by atoms with E-state index in [-0.39, 0.29) is 18.2 Å². The molecule has 2 atom stereocenters. The lowest BCUT2D eigenvalue weighted by Crippen LogP contribution is -2.46. The van der Waals surface area contributed by atoms with Crippen molar-refractivity contribution in [3.05, 3.63) is 30.1 Å². The van der Waals surface area contributed by atoms with E-state index in [9.17, 15) is 14.7 Å². The third-order valence-electron chi connectivity index (χ3n) is 3.54. The van der Waals surface area contributed by atoms with Crippen LogP contribution in [0.3, 0.4) is 0 Å². The van der Waals surface area contributed by atoms with E-state index in [0.29, 0.717) is 12.8 Å². The van der Waals surface area contributed by atoms with Crippen LogP contribution in [0.1, 0.15) is 31.4 Å². The number of aromatic nitrogens is 2. The van der Waals surface area contributed by atoms with Crippen LogP contribution in [0.5, 0.6) is 0 Å². The van der Waals surface area contributed by atoms with Crippen LogP contribution in [-0.4, -0.2) is 33.2 Å². The van der Waals surface area contributed by atoms with Gasteiger partial charge in [-0.1, -0.05) is 12.2 Å². The Morgan fingerprint density at radius 1 is 1.50 bits per heavy atom. The molecular weight excluding hydrogens is 258 g/mol. The molecule has 0 radical (unpaired) electrons. The van der Waals surface area contributed by atoms with Crippen LogP contribution >= 0.6 is 0 Å². The number of nitrogens with zero attached hydrogens (tertiary/aromatic N) is 1. The molecule has 0 aliphatic heterocycles. The Labute approximate surface area is 117 Å². The fourth-order valence-corrected chi connectivity index (χ4v) is 2.42. The van der Waals surface area contributed by atoms with Gasteiger partial charge < -0.3 is 10.4 Å². The second-order valence-electron chi connectivity index (χ2n) is 5.01. The van der Waals surface area contributed by atoms with Crippen LogP contribution in [0, 0.1) is 5.92 Å². The third kappa shape index (κ3) is 3.94. The molecule has 6 heteroatoms. The van der Waals surface area contributed by atoms with Crippen molar-refractivity contribution in [1.82, 2.24) is 15.5 Å². The summed E-state index contributed by atoms with van der Waals surface area (Å²) in [6, 6.07) is 1.00. The van der Waals surface area contributed by atoms with Crippen molar-refractivity contribution < 1.29 is 14.7 Å². The van der Waals surface area contributed by atoms with E-state index in [1.54, 1.807) is 12.3 Å². The second-order valence-corrected chi connectivity index (χ2v) is 5.01. The number of hydrogen-bond donors (Lipinski definition) is 3. The van der Waals surface area contributed by atoms with Gasteiger partial charge in [0.25, 0.3) is 0 Å². The first kappa shape index (κ1) is 14.3. The maximum absolute atomic E-state index is 11.9. The molecular formula is C14H19N3O3. The molecule has 6 nitrogen and oxygen atoms in total. The minimum atomic E-state index is -0.958. The molecule has 108 valence electrons. The molecule has 2 rings (SSSR count). The molecule has 20 heavy (non-hydrogen) atoms. The molecule has 3 N–H and O–H groups in total. The van der Waals surface area contributed by atoms with E-state index < -0.39 is 12.0 Å². The van der Waals surface area contributed by atoms with E-state index in [2.05, 4.69) is 21.6 Å². The van der Waals surface area contributed by atoms with Gasteiger partial charge in [0.15, 0.2) is 0 Å². The van der Waals surface area contributed by atoms with E-state index in [4.69, 9.17) is 0 Å². The minimum absolute atomic E-state index is 0.0198. The fraction of sp³-hybridized carbons (Fsp3) is 0.500. The molecule has 0 saturated carbocycles. The van der Waals surface area contributed by atoms with Crippen molar-refractivity contribution in [2.75, 3.05) is 0 Å². The van der Waals surface area contributed by atoms with Gasteiger partial charge in [0.2, 0.25) is 5.91 Å². The number of rotatable bonds is 6. The number of carboxylic acid groups (broad SMARTS) is 1. The maximum atomic E-state index is 11.9. The molecule has 1 heterocycles. The van der Waals surface area contributed by atoms with Crippen molar-refractivity contribution in [1.29, 1.82) is 0 Å². The Bertz CT molecular complexity index is 482. The van der Waals surface area contributed by atoms with Crippen molar-refractivity contribution in [3.8, 4) is 0 Å². The first-order valence-corrected chi connectivity index (χ1v) is 6.82. The average Bonchev–Trinajstić information content (AvgIpc) is 2.96. The summed E-state index contributed by atoms with van der Waals surface area (Å²) in [5, 5.41) is 18.5. The average molecular weight is 277 g/mol. The van der Waals surface area contributed by atoms with Gasteiger partial charge in [0, 0.05) is 18.3 Å². The first-order chi connectivity index (χ1) is 9.66. The zero-order valence-corrected chi connectivity index (χ0v) is 11.2. The second kappa shape index (κ2) is 6.88. The van der Waals surface area contributed by atoms with Gasteiger partial charge in [-0.05, 0) is 37.7 Å². The Balaban J connectivity index is 1.85. The van der Waals surface area contributed by atoms with Crippen LogP contribution in [0.2, 0.25) is 0 Å². The van der Waals surface area contributed by atoms with Crippen LogP contribution in [0.15, 0.2) is 24.4 Å². The number of carbonyl (C=O) groups is 2. The summed E-state index contributed by atoms with van der Waals surface area (Å²) in [5.74, 6) is -1.21. The van der Waals surface area contributed by atoms with E-state index in [1.807, 2.05) is 6.08 Å². The molecule has 0 aromatic carbocycles. The molecule has 0 fully saturated rings. The predicted octanol–water partition coefficient (Wildman–Crippen LogP) is 1.27. The summed E-state index contributed by atoms with van der Waals surface area (Å²) in [6.07, 6.45) is 8.83. The molecule has 0 spiro atoms. The number of aryl methyl sites for hydroxylation is 1. The topological polar surface area (TPSA) is 95.1 Å². The molecule has 0 bridgehead atoms. The number of amides is 1. The van der Waals surface area contributed by atoms with Gasteiger partial charge in [0.1, 0.15) is 6.04 Å². The van der Waals surface area contributed by atoms with Gasteiger partial charge in [-0.2, -0.15) is 5.10 Å². The Morgan fingerprint density at radius 2 is 2.35 bits per heavy atom. The van der Waals surface area contributed by atoms with Crippen LogP contribution in [-0.2, 0) is 16.0 Å². The van der Waals surface area contributed by atoms with Gasteiger partial charge in [-0.3, -0.25) is 9.89 Å². The van der Waals surface area contributed by atoms with E-state index >= 15 is 0 Å². The number of aromatic amines is 1. The predicted molar refractivity (Wildman–Crippen MR) is 73.0 cm³/mol. The highest BCUT2D eigenvalue weighted by atomic mass is 16.4. The molecule has 1 amide bonds. The monoisotopic (exact) mass is 277 g/mol. The lowest BCUT2D eigenvalue weighted by molar-refractivity contribution is -0.143. The number of aliphatic carboxylic acids is 1. The lowest BCUT2D eigenvalue weighted by atomic mass is 9.87. The molecule has 0 saturated heterocycles. The van der Waals surface area contributed by atoms with Crippen molar-refractivity contribution in [2.24, 2.45) is 5.92 Å². The SMILES string of the molecule is O=C(CCc1ccn[nH]1)NC(C(=O)O)C1CC=CCC1. The van der Waals surface area contributed by atoms with Gasteiger partial charge in [-0.25, -0.2) is 4.79 Å². The zero-order chi connectivity index (χ0) is 14.4. The lowest BCUT2D eigenvalue weighted by Gasteiger charge is -2.25. The van der Waals surface area contributed by atoms with Crippen LogP contribution in [0.25, 0.3) is 0 Å². The van der Waals surface area contributed by atoms with Gasteiger partial charge in [0.05, 0.1) is 0 Å². The van der Waals surface area contributed by atoms with Crippen LogP contribution < -0.4 is 5.32 Å². The summed E-state index contributed by atoms with van der Waals surface area (Å²) in [5.41, 5.74) is 0.868. The summed E-state index contributed by atoms with van der Waals surface area (Å²) < 4.78 is 0. The number of H-pyrrole nitrogens is 1. The maximum Gasteiger partial charge on any atom is 0.326 e. The number of carbonyl (C=O) groups excluding carboxylic acids is 1. The smallest absolute Gasteiger partial charge is 0.326 e. The van der Waals surface area contributed by atoms with Gasteiger partial charge >= 0.3 is 5.97 Å². The highest BCUT2D eigenvalue weighted by Gasteiger charge is 2.29. The Morgan fingerprint density at radius 3 is 2.95 bits per heavy atom. The molecule has 1 aromatic heterocycles. The largest absolute Gasteiger partial charge is 0.480 e. The Hall–Kier alpha value is -2.11. The van der Waals surface area contributed by atoms with Crippen molar-refractivity contribution in [2.45, 2.75) is 38.1 Å². The number of allylic oxidation sites excluding steroid dienone is 2. The molecule has 1 aromatic rings. The number of hydrogen-bond acceptors (Lipinski definition) is 3. The summed E-state index contributed by atoms with van der Waals surface area (Å²) >= 11 is 0. The molecule has 1 aliphatic rings.